The Hall–Kier alpha value is -2.54. The number of carbonyl (C=O) groups excluding carboxylic acids is 2. The van der Waals surface area contributed by atoms with Gasteiger partial charge in [0.1, 0.15) is 12.0 Å². The maximum absolute atomic E-state index is 12.4. The number of nitrogens with one attached hydrogen (secondary N) is 1. The monoisotopic (exact) mass is 331 g/mol. The third-order valence-electron chi connectivity index (χ3n) is 3.81. The van der Waals surface area contributed by atoms with E-state index in [1.165, 1.54) is 12.5 Å². The van der Waals surface area contributed by atoms with Crippen molar-refractivity contribution in [2.75, 3.05) is 7.05 Å². The molecule has 1 N–H and O–H groups in total. The number of halogens is 1. The number of amides is 2. The minimum Gasteiger partial charge on any atom is -0.345 e. The molecule has 3 heterocycles. The summed E-state index contributed by atoms with van der Waals surface area (Å²) < 4.78 is 0. The van der Waals surface area contributed by atoms with Crippen LogP contribution in [0, 0.1) is 0 Å². The van der Waals surface area contributed by atoms with E-state index in [4.69, 9.17) is 11.6 Å². The van der Waals surface area contributed by atoms with E-state index in [0.29, 0.717) is 0 Å². The molecule has 0 bridgehead atoms. The molecule has 0 spiro atoms. The average molecular weight is 332 g/mol. The lowest BCUT2D eigenvalue weighted by molar-refractivity contribution is -0.127. The fourth-order valence-electron chi connectivity index (χ4n) is 2.72. The maximum atomic E-state index is 12.4. The lowest BCUT2D eigenvalue weighted by atomic mass is 10.0. The van der Waals surface area contributed by atoms with Crippen LogP contribution in [-0.4, -0.2) is 44.8 Å². The molecule has 2 aromatic heterocycles. The Morgan fingerprint density at radius 2 is 2.22 bits per heavy atom. The number of likely N-dealkylation sites (tertiary alicyclic amines) is 1. The molecule has 1 aliphatic rings. The first-order chi connectivity index (χ1) is 11.1. The number of hydrogen-bond acceptors (Lipinski definition) is 5. The molecule has 0 radical (unpaired) electrons. The van der Waals surface area contributed by atoms with Crippen LogP contribution in [0.25, 0.3) is 0 Å². The normalized spacial score (nSPS) is 20.6. The highest BCUT2D eigenvalue weighted by Crippen LogP contribution is 2.31. The molecule has 0 aliphatic carbocycles. The van der Waals surface area contributed by atoms with Crippen molar-refractivity contribution in [1.29, 1.82) is 0 Å². The minimum absolute atomic E-state index is 0.0436. The van der Waals surface area contributed by atoms with Crippen LogP contribution in [0.15, 0.2) is 37.1 Å². The molecule has 3 rings (SSSR count). The van der Waals surface area contributed by atoms with Gasteiger partial charge in [-0.1, -0.05) is 17.7 Å². The van der Waals surface area contributed by atoms with E-state index in [0.717, 1.165) is 5.56 Å². The number of nitrogens with zero attached hydrogens (tertiary/aromatic N) is 4. The standard InChI is InChI=1S/C15H14ClN5O2/c1-21-12(22)5-11(14(21)9-3-2-4-17-6-9)20-15(23)13-10(16)7-18-8-19-13/h2-4,6-8,11,14H,5H2,1H3,(H,20,23)/t11-,14+/m1/s1. The molecule has 8 heteroatoms. The first kappa shape index (κ1) is 15.4. The van der Waals surface area contributed by atoms with Crippen LogP contribution in [0.1, 0.15) is 28.5 Å². The van der Waals surface area contributed by atoms with Gasteiger partial charge in [0.2, 0.25) is 5.91 Å². The molecule has 2 amide bonds. The Kier molecular flexibility index (Phi) is 4.20. The topological polar surface area (TPSA) is 88.1 Å². The Morgan fingerprint density at radius 1 is 1.39 bits per heavy atom. The number of hydrogen-bond donors (Lipinski definition) is 1. The summed E-state index contributed by atoms with van der Waals surface area (Å²) in [7, 11) is 1.71. The van der Waals surface area contributed by atoms with E-state index in [-0.39, 0.29) is 35.1 Å². The number of carbonyl (C=O) groups is 2. The molecular formula is C15H14ClN5O2. The van der Waals surface area contributed by atoms with Crippen molar-refractivity contribution in [3.63, 3.8) is 0 Å². The predicted octanol–water partition coefficient (Wildman–Crippen LogP) is 1.23. The van der Waals surface area contributed by atoms with E-state index >= 15 is 0 Å². The summed E-state index contributed by atoms with van der Waals surface area (Å²) in [4.78, 5) is 37.8. The van der Waals surface area contributed by atoms with Crippen molar-refractivity contribution in [3.8, 4) is 0 Å². The Balaban J connectivity index is 1.85. The van der Waals surface area contributed by atoms with Crippen LogP contribution < -0.4 is 5.32 Å². The summed E-state index contributed by atoms with van der Waals surface area (Å²) in [6, 6.07) is 3.02. The third kappa shape index (κ3) is 3.00. The number of rotatable bonds is 3. The molecule has 23 heavy (non-hydrogen) atoms. The SMILES string of the molecule is CN1C(=O)C[C@@H](NC(=O)c2ncncc2Cl)[C@@H]1c1cccnc1. The molecule has 1 saturated heterocycles. The van der Waals surface area contributed by atoms with Gasteiger partial charge >= 0.3 is 0 Å². The van der Waals surface area contributed by atoms with Crippen LogP contribution in [0.3, 0.4) is 0 Å². The van der Waals surface area contributed by atoms with E-state index in [1.807, 2.05) is 6.07 Å². The van der Waals surface area contributed by atoms with Crippen molar-refractivity contribution in [1.82, 2.24) is 25.2 Å². The zero-order chi connectivity index (χ0) is 16.4. The maximum Gasteiger partial charge on any atom is 0.271 e. The lowest BCUT2D eigenvalue weighted by Gasteiger charge is -2.25. The second-order valence-electron chi connectivity index (χ2n) is 5.24. The highest BCUT2D eigenvalue weighted by atomic mass is 35.5. The molecular weight excluding hydrogens is 318 g/mol. The van der Waals surface area contributed by atoms with Crippen LogP contribution in [0.2, 0.25) is 5.02 Å². The van der Waals surface area contributed by atoms with E-state index in [1.54, 1.807) is 30.4 Å². The largest absolute Gasteiger partial charge is 0.345 e. The fraction of sp³-hybridized carbons (Fsp3) is 0.267. The zero-order valence-electron chi connectivity index (χ0n) is 12.3. The van der Waals surface area contributed by atoms with Gasteiger partial charge in [0.05, 0.1) is 17.1 Å². The summed E-state index contributed by atoms with van der Waals surface area (Å²) in [5.41, 5.74) is 0.952. The molecule has 1 fully saturated rings. The summed E-state index contributed by atoms with van der Waals surface area (Å²) >= 11 is 5.94. The molecule has 7 nitrogen and oxygen atoms in total. The van der Waals surface area contributed by atoms with E-state index < -0.39 is 5.91 Å². The highest BCUT2D eigenvalue weighted by Gasteiger charge is 2.39. The third-order valence-corrected chi connectivity index (χ3v) is 4.09. The van der Waals surface area contributed by atoms with Gasteiger partial charge in [0.15, 0.2) is 0 Å². The minimum atomic E-state index is -0.431. The van der Waals surface area contributed by atoms with Gasteiger partial charge in [-0.2, -0.15) is 0 Å². The summed E-state index contributed by atoms with van der Waals surface area (Å²) in [5.74, 6) is -0.475. The molecule has 0 saturated carbocycles. The number of likely N-dealkylation sites (N-methyl/N-ethyl adjacent to an activating group) is 1. The molecule has 0 aromatic carbocycles. The average Bonchev–Trinajstić information content (AvgIpc) is 2.83. The number of aromatic nitrogens is 3. The van der Waals surface area contributed by atoms with Gasteiger partial charge in [-0.25, -0.2) is 9.97 Å². The van der Waals surface area contributed by atoms with Crippen molar-refractivity contribution in [3.05, 3.63) is 53.3 Å². The van der Waals surface area contributed by atoms with Crippen LogP contribution in [-0.2, 0) is 4.79 Å². The summed E-state index contributed by atoms with van der Waals surface area (Å²) in [6.45, 7) is 0. The molecule has 118 valence electrons. The highest BCUT2D eigenvalue weighted by molar-refractivity contribution is 6.33. The van der Waals surface area contributed by atoms with Gasteiger partial charge < -0.3 is 10.2 Å². The summed E-state index contributed by atoms with van der Waals surface area (Å²) in [6.07, 6.45) is 6.18. The van der Waals surface area contributed by atoms with Crippen molar-refractivity contribution < 1.29 is 9.59 Å². The Labute approximate surface area is 137 Å². The van der Waals surface area contributed by atoms with Gasteiger partial charge in [-0.3, -0.25) is 14.6 Å². The predicted molar refractivity (Wildman–Crippen MR) is 82.7 cm³/mol. The Bertz CT molecular complexity index is 740. The molecule has 2 aromatic rings. The molecule has 1 aliphatic heterocycles. The van der Waals surface area contributed by atoms with Gasteiger partial charge in [0, 0.05) is 32.1 Å². The first-order valence-electron chi connectivity index (χ1n) is 7.00. The number of pyridine rings is 1. The van der Waals surface area contributed by atoms with Gasteiger partial charge in [-0.05, 0) is 11.6 Å². The molecule has 2 atom stereocenters. The fourth-order valence-corrected chi connectivity index (χ4v) is 2.91. The van der Waals surface area contributed by atoms with Crippen LogP contribution in [0.4, 0.5) is 0 Å². The van der Waals surface area contributed by atoms with Gasteiger partial charge in [-0.15, -0.1) is 0 Å². The first-order valence-corrected chi connectivity index (χ1v) is 7.37. The molecule has 0 unspecified atom stereocenters. The smallest absolute Gasteiger partial charge is 0.271 e. The Morgan fingerprint density at radius 3 is 2.91 bits per heavy atom. The summed E-state index contributed by atoms with van der Waals surface area (Å²) in [5, 5.41) is 3.01. The van der Waals surface area contributed by atoms with Gasteiger partial charge in [0.25, 0.3) is 5.91 Å². The second-order valence-corrected chi connectivity index (χ2v) is 5.65. The van der Waals surface area contributed by atoms with E-state index in [9.17, 15) is 9.59 Å². The lowest BCUT2D eigenvalue weighted by Crippen LogP contribution is -2.39. The van der Waals surface area contributed by atoms with Crippen LogP contribution in [0.5, 0.6) is 0 Å². The van der Waals surface area contributed by atoms with Crippen LogP contribution >= 0.6 is 11.6 Å². The second kappa shape index (κ2) is 6.29. The van der Waals surface area contributed by atoms with Crippen molar-refractivity contribution in [2.24, 2.45) is 0 Å². The zero-order valence-corrected chi connectivity index (χ0v) is 13.1. The van der Waals surface area contributed by atoms with Crippen molar-refractivity contribution >= 4 is 23.4 Å². The van der Waals surface area contributed by atoms with E-state index in [2.05, 4.69) is 20.3 Å². The quantitative estimate of drug-likeness (QED) is 0.913. The van der Waals surface area contributed by atoms with Crippen molar-refractivity contribution in [2.45, 2.75) is 18.5 Å².